The second-order valence-corrected chi connectivity index (χ2v) is 9.12. The van der Waals surface area contributed by atoms with Gasteiger partial charge in [-0.3, -0.25) is 0 Å². The van der Waals surface area contributed by atoms with Crippen LogP contribution in [0.1, 0.15) is 24.3 Å². The lowest BCUT2D eigenvalue weighted by Crippen LogP contribution is -2.37. The van der Waals surface area contributed by atoms with Crippen molar-refractivity contribution in [2.24, 2.45) is 0 Å². The Hall–Kier alpha value is -2.72. The maximum absolute atomic E-state index is 9.99. The Kier molecular flexibility index (Phi) is 8.22. The number of nitrogens with one attached hydrogen (secondary N) is 1. The molecule has 1 unspecified atom stereocenters. The van der Waals surface area contributed by atoms with E-state index in [-0.39, 0.29) is 12.6 Å². The van der Waals surface area contributed by atoms with E-state index in [2.05, 4.69) is 15.4 Å². The Morgan fingerprint density at radius 3 is 2.71 bits per heavy atom. The van der Waals surface area contributed by atoms with Gasteiger partial charge in [-0.25, -0.2) is 9.97 Å². The third kappa shape index (κ3) is 5.75. The minimum absolute atomic E-state index is 0.174. The largest absolute Gasteiger partial charge is 0.491 e. The fraction of sp³-hybridized carbons (Fsp3) is 0.480. The van der Waals surface area contributed by atoms with Gasteiger partial charge in [-0.15, -0.1) is 0 Å². The molecule has 1 aliphatic rings. The zero-order valence-corrected chi connectivity index (χ0v) is 21.3. The molecule has 9 nitrogen and oxygen atoms in total. The molecule has 4 rings (SSSR count). The standard InChI is InChI=1S/C25H32ClN5O4/c1-15-21(16(2)35-30-15)23-22(26)25(31(4)18-8-10-33-11-9-18)29-24(28-23)17-6-5-7-20(12-17)34-14-19(32)13-27-3/h5-7,12,18-19,27,32H,8-11,13-14H2,1-4H3. The zero-order valence-electron chi connectivity index (χ0n) is 20.5. The molecular weight excluding hydrogens is 470 g/mol. The molecule has 2 N–H and O–H groups in total. The average Bonchev–Trinajstić information content (AvgIpc) is 3.21. The van der Waals surface area contributed by atoms with Crippen LogP contribution in [0.4, 0.5) is 5.82 Å². The predicted octanol–water partition coefficient (Wildman–Crippen LogP) is 3.64. The minimum Gasteiger partial charge on any atom is -0.491 e. The highest BCUT2D eigenvalue weighted by molar-refractivity contribution is 6.35. The number of hydrogen-bond acceptors (Lipinski definition) is 9. The first-order chi connectivity index (χ1) is 16.9. The molecule has 1 saturated heterocycles. The molecule has 0 amide bonds. The number of nitrogens with zero attached hydrogens (tertiary/aromatic N) is 4. The van der Waals surface area contributed by atoms with E-state index in [9.17, 15) is 5.11 Å². The summed E-state index contributed by atoms with van der Waals surface area (Å²) in [5.41, 5.74) is 2.83. The fourth-order valence-electron chi connectivity index (χ4n) is 4.24. The predicted molar refractivity (Wildman–Crippen MR) is 135 cm³/mol. The Bertz CT molecular complexity index is 1130. The van der Waals surface area contributed by atoms with E-state index >= 15 is 0 Å². The van der Waals surface area contributed by atoms with Crippen molar-refractivity contribution < 1.29 is 19.1 Å². The molecule has 2 aromatic heterocycles. The van der Waals surface area contributed by atoms with Crippen LogP contribution in [0.15, 0.2) is 28.8 Å². The number of benzene rings is 1. The van der Waals surface area contributed by atoms with Crippen LogP contribution in [-0.2, 0) is 4.74 Å². The average molecular weight is 502 g/mol. The molecule has 0 saturated carbocycles. The second-order valence-electron chi connectivity index (χ2n) is 8.74. The summed E-state index contributed by atoms with van der Waals surface area (Å²) in [6.07, 6.45) is 1.18. The van der Waals surface area contributed by atoms with Gasteiger partial charge < -0.3 is 29.3 Å². The molecule has 188 valence electrons. The summed E-state index contributed by atoms with van der Waals surface area (Å²) in [6.45, 7) is 5.76. The third-order valence-corrected chi connectivity index (χ3v) is 6.50. The van der Waals surface area contributed by atoms with E-state index < -0.39 is 6.10 Å². The first-order valence-electron chi connectivity index (χ1n) is 11.8. The number of hydrogen-bond donors (Lipinski definition) is 2. The van der Waals surface area contributed by atoms with Gasteiger partial charge in [0.15, 0.2) is 11.6 Å². The summed E-state index contributed by atoms with van der Waals surface area (Å²) in [5, 5.41) is 17.5. The van der Waals surface area contributed by atoms with Crippen LogP contribution in [0.25, 0.3) is 22.6 Å². The Labute approximate surface area is 210 Å². The van der Waals surface area contributed by atoms with Crippen LogP contribution < -0.4 is 15.0 Å². The molecule has 0 spiro atoms. The van der Waals surface area contributed by atoms with E-state index in [0.29, 0.717) is 59.3 Å². The van der Waals surface area contributed by atoms with Gasteiger partial charge in [0.05, 0.1) is 11.3 Å². The molecule has 1 aliphatic heterocycles. The van der Waals surface area contributed by atoms with Gasteiger partial charge in [0.2, 0.25) is 0 Å². The van der Waals surface area contributed by atoms with Gasteiger partial charge in [-0.1, -0.05) is 28.9 Å². The highest BCUT2D eigenvalue weighted by Gasteiger charge is 2.27. The Morgan fingerprint density at radius 2 is 2.03 bits per heavy atom. The number of likely N-dealkylation sites (N-methyl/N-ethyl adjacent to an activating group) is 1. The molecule has 1 aromatic carbocycles. The molecule has 3 aromatic rings. The first kappa shape index (κ1) is 25.4. The van der Waals surface area contributed by atoms with Gasteiger partial charge in [-0.05, 0) is 45.9 Å². The van der Waals surface area contributed by atoms with Gasteiger partial charge in [-0.2, -0.15) is 0 Å². The number of aryl methyl sites for hydroxylation is 2. The van der Waals surface area contributed by atoms with Crippen LogP contribution in [0.3, 0.4) is 0 Å². The monoisotopic (exact) mass is 501 g/mol. The molecule has 10 heteroatoms. The maximum atomic E-state index is 9.99. The summed E-state index contributed by atoms with van der Waals surface area (Å²) < 4.78 is 16.8. The lowest BCUT2D eigenvalue weighted by Gasteiger charge is -2.33. The van der Waals surface area contributed by atoms with Crippen LogP contribution >= 0.6 is 11.6 Å². The Morgan fingerprint density at radius 1 is 1.26 bits per heavy atom. The summed E-state index contributed by atoms with van der Waals surface area (Å²) in [4.78, 5) is 11.9. The SMILES string of the molecule is CNCC(O)COc1cccc(-c2nc(-c3c(C)noc3C)c(Cl)c(N(C)C3CCOCC3)n2)c1. The lowest BCUT2D eigenvalue weighted by atomic mass is 10.1. The molecule has 0 aliphatic carbocycles. The van der Waals surface area contributed by atoms with Gasteiger partial charge in [0.1, 0.15) is 34.9 Å². The zero-order chi connectivity index (χ0) is 24.9. The number of aliphatic hydroxyl groups is 1. The van der Waals surface area contributed by atoms with Crippen molar-refractivity contribution in [1.82, 2.24) is 20.4 Å². The minimum atomic E-state index is -0.610. The Balaban J connectivity index is 1.76. The quantitative estimate of drug-likeness (QED) is 0.454. The molecule has 1 fully saturated rings. The van der Waals surface area contributed by atoms with E-state index in [4.69, 9.17) is 35.6 Å². The van der Waals surface area contributed by atoms with Crippen LogP contribution in [0, 0.1) is 13.8 Å². The summed E-state index contributed by atoms with van der Waals surface area (Å²) >= 11 is 6.94. The summed E-state index contributed by atoms with van der Waals surface area (Å²) in [7, 11) is 3.79. The van der Waals surface area contributed by atoms with Crippen molar-refractivity contribution in [3.63, 3.8) is 0 Å². The van der Waals surface area contributed by atoms with E-state index in [1.807, 2.05) is 45.2 Å². The van der Waals surface area contributed by atoms with Gasteiger partial charge >= 0.3 is 0 Å². The molecule has 35 heavy (non-hydrogen) atoms. The van der Waals surface area contributed by atoms with E-state index in [0.717, 1.165) is 24.0 Å². The van der Waals surface area contributed by atoms with Crippen LogP contribution in [0.2, 0.25) is 5.02 Å². The smallest absolute Gasteiger partial charge is 0.162 e. The molecule has 0 radical (unpaired) electrons. The third-order valence-electron chi connectivity index (χ3n) is 6.15. The second kappa shape index (κ2) is 11.3. The lowest BCUT2D eigenvalue weighted by molar-refractivity contribution is 0.0853. The number of ether oxygens (including phenoxy) is 2. The van der Waals surface area contributed by atoms with Crippen LogP contribution in [0.5, 0.6) is 5.75 Å². The number of rotatable bonds is 9. The highest BCUT2D eigenvalue weighted by Crippen LogP contribution is 2.39. The number of aromatic nitrogens is 3. The van der Waals surface area contributed by atoms with Gasteiger partial charge in [0.25, 0.3) is 0 Å². The molecule has 0 bridgehead atoms. The molecule has 3 heterocycles. The van der Waals surface area contributed by atoms with E-state index in [1.54, 1.807) is 7.05 Å². The number of aliphatic hydroxyl groups excluding tert-OH is 1. The van der Waals surface area contributed by atoms with E-state index in [1.165, 1.54) is 0 Å². The van der Waals surface area contributed by atoms with Crippen molar-refractivity contribution in [2.45, 2.75) is 38.8 Å². The molecule has 1 atom stereocenters. The fourth-order valence-corrected chi connectivity index (χ4v) is 4.55. The molecular formula is C25H32ClN5O4. The van der Waals surface area contributed by atoms with Crippen molar-refractivity contribution in [3.05, 3.63) is 40.7 Å². The van der Waals surface area contributed by atoms with Crippen molar-refractivity contribution in [2.75, 3.05) is 45.4 Å². The number of halogens is 1. The normalized spacial score (nSPS) is 15.3. The summed E-state index contributed by atoms with van der Waals surface area (Å²) in [5.74, 6) is 2.42. The first-order valence-corrected chi connectivity index (χ1v) is 12.1. The highest BCUT2D eigenvalue weighted by atomic mass is 35.5. The van der Waals surface area contributed by atoms with Crippen molar-refractivity contribution in [1.29, 1.82) is 0 Å². The van der Waals surface area contributed by atoms with Crippen molar-refractivity contribution in [3.8, 4) is 28.4 Å². The maximum Gasteiger partial charge on any atom is 0.162 e. The van der Waals surface area contributed by atoms with Crippen LogP contribution in [-0.4, -0.2) is 72.8 Å². The summed E-state index contributed by atoms with van der Waals surface area (Å²) in [6, 6.07) is 7.77. The number of anilines is 1. The van der Waals surface area contributed by atoms with Crippen molar-refractivity contribution >= 4 is 17.4 Å². The topological polar surface area (TPSA) is 106 Å². The van der Waals surface area contributed by atoms with Gasteiger partial charge in [0, 0.05) is 38.4 Å².